The van der Waals surface area contributed by atoms with Gasteiger partial charge in [-0.2, -0.15) is 0 Å². The fourth-order valence-electron chi connectivity index (χ4n) is 1.82. The average molecular weight is 255 g/mol. The summed E-state index contributed by atoms with van der Waals surface area (Å²) in [5, 5.41) is 2.94. The van der Waals surface area contributed by atoms with Gasteiger partial charge in [0.05, 0.1) is 11.7 Å². The molecule has 2 aromatic heterocycles. The third-order valence-corrected chi connectivity index (χ3v) is 2.87. The molecule has 0 fully saturated rings. The van der Waals surface area contributed by atoms with Crippen LogP contribution < -0.4 is 5.32 Å². The van der Waals surface area contributed by atoms with E-state index < -0.39 is 0 Å². The normalized spacial score (nSPS) is 11.8. The molecule has 19 heavy (non-hydrogen) atoms. The SMILES string of the molecule is C[C@@H](NC(=O)CCc1cccnc1)c1ccccn1. The number of pyridine rings is 2. The lowest BCUT2D eigenvalue weighted by Gasteiger charge is -2.13. The van der Waals surface area contributed by atoms with Gasteiger partial charge in [-0.25, -0.2) is 0 Å². The number of nitrogens with one attached hydrogen (secondary N) is 1. The first-order valence-corrected chi connectivity index (χ1v) is 6.35. The predicted octanol–water partition coefficient (Wildman–Crippen LogP) is 2.29. The van der Waals surface area contributed by atoms with E-state index >= 15 is 0 Å². The van der Waals surface area contributed by atoms with Crippen molar-refractivity contribution < 1.29 is 4.79 Å². The Morgan fingerprint density at radius 2 is 2.16 bits per heavy atom. The lowest BCUT2D eigenvalue weighted by Crippen LogP contribution is -2.27. The van der Waals surface area contributed by atoms with E-state index in [1.807, 2.05) is 37.3 Å². The fraction of sp³-hybridized carbons (Fsp3) is 0.267. The second-order valence-electron chi connectivity index (χ2n) is 4.41. The molecule has 0 saturated heterocycles. The maximum Gasteiger partial charge on any atom is 0.220 e. The molecule has 1 N–H and O–H groups in total. The quantitative estimate of drug-likeness (QED) is 0.891. The summed E-state index contributed by atoms with van der Waals surface area (Å²) in [7, 11) is 0. The Hall–Kier alpha value is -2.23. The van der Waals surface area contributed by atoms with Gasteiger partial charge in [0.2, 0.25) is 5.91 Å². The van der Waals surface area contributed by atoms with Crippen LogP contribution in [-0.4, -0.2) is 15.9 Å². The van der Waals surface area contributed by atoms with Crippen LogP contribution in [0.5, 0.6) is 0 Å². The van der Waals surface area contributed by atoms with Crippen molar-refractivity contribution in [2.75, 3.05) is 0 Å². The minimum atomic E-state index is -0.0670. The van der Waals surface area contributed by atoms with E-state index in [1.165, 1.54) is 0 Å². The van der Waals surface area contributed by atoms with Crippen LogP contribution in [-0.2, 0) is 11.2 Å². The number of amides is 1. The molecule has 0 aliphatic carbocycles. The van der Waals surface area contributed by atoms with Crippen LogP contribution in [0.25, 0.3) is 0 Å². The van der Waals surface area contributed by atoms with Crippen LogP contribution in [0.15, 0.2) is 48.9 Å². The highest BCUT2D eigenvalue weighted by Gasteiger charge is 2.10. The maximum atomic E-state index is 11.8. The van der Waals surface area contributed by atoms with Gasteiger partial charge in [-0.1, -0.05) is 12.1 Å². The highest BCUT2D eigenvalue weighted by atomic mass is 16.1. The summed E-state index contributed by atoms with van der Waals surface area (Å²) >= 11 is 0. The molecule has 2 rings (SSSR count). The number of rotatable bonds is 5. The maximum absolute atomic E-state index is 11.8. The molecule has 0 radical (unpaired) electrons. The zero-order valence-corrected chi connectivity index (χ0v) is 10.9. The molecule has 4 heteroatoms. The Morgan fingerprint density at radius 1 is 1.26 bits per heavy atom. The number of aryl methyl sites for hydroxylation is 1. The van der Waals surface area contributed by atoms with E-state index in [-0.39, 0.29) is 11.9 Å². The summed E-state index contributed by atoms with van der Waals surface area (Å²) in [5.41, 5.74) is 1.94. The Labute approximate surface area is 112 Å². The monoisotopic (exact) mass is 255 g/mol. The van der Waals surface area contributed by atoms with Crippen molar-refractivity contribution in [2.45, 2.75) is 25.8 Å². The topological polar surface area (TPSA) is 54.9 Å². The van der Waals surface area contributed by atoms with Gasteiger partial charge in [0.1, 0.15) is 0 Å². The minimum absolute atomic E-state index is 0.0296. The smallest absolute Gasteiger partial charge is 0.220 e. The van der Waals surface area contributed by atoms with Gasteiger partial charge in [0.15, 0.2) is 0 Å². The van der Waals surface area contributed by atoms with Crippen molar-refractivity contribution in [3.05, 3.63) is 60.2 Å². The Morgan fingerprint density at radius 3 is 2.84 bits per heavy atom. The van der Waals surface area contributed by atoms with E-state index in [0.29, 0.717) is 12.8 Å². The zero-order chi connectivity index (χ0) is 13.5. The lowest BCUT2D eigenvalue weighted by molar-refractivity contribution is -0.121. The number of hydrogen-bond acceptors (Lipinski definition) is 3. The van der Waals surface area contributed by atoms with E-state index in [2.05, 4.69) is 15.3 Å². The van der Waals surface area contributed by atoms with Crippen molar-refractivity contribution in [2.24, 2.45) is 0 Å². The Balaban J connectivity index is 1.82. The molecule has 2 heterocycles. The average Bonchev–Trinajstić information content (AvgIpc) is 2.47. The van der Waals surface area contributed by atoms with Gasteiger partial charge in [-0.05, 0) is 37.1 Å². The van der Waals surface area contributed by atoms with Crippen LogP contribution in [0.3, 0.4) is 0 Å². The molecule has 0 bridgehead atoms. The summed E-state index contributed by atoms with van der Waals surface area (Å²) in [5.74, 6) is 0.0296. The van der Waals surface area contributed by atoms with Crippen LogP contribution in [0.2, 0.25) is 0 Å². The molecule has 2 aromatic rings. The molecular formula is C15H17N3O. The molecule has 0 aromatic carbocycles. The molecular weight excluding hydrogens is 238 g/mol. The standard InChI is InChI=1S/C15H17N3O/c1-12(14-6-2-3-10-17-14)18-15(19)8-7-13-5-4-9-16-11-13/h2-6,9-12H,7-8H2,1H3,(H,18,19)/t12-/m1/s1. The highest BCUT2D eigenvalue weighted by molar-refractivity contribution is 5.76. The Kier molecular flexibility index (Phi) is 4.61. The van der Waals surface area contributed by atoms with Crippen molar-refractivity contribution in [1.29, 1.82) is 0 Å². The number of aromatic nitrogens is 2. The van der Waals surface area contributed by atoms with Crippen molar-refractivity contribution in [3.63, 3.8) is 0 Å². The molecule has 1 atom stereocenters. The number of nitrogens with zero attached hydrogens (tertiary/aromatic N) is 2. The summed E-state index contributed by atoms with van der Waals surface area (Å²) < 4.78 is 0. The number of carbonyl (C=O) groups is 1. The van der Waals surface area contributed by atoms with Crippen LogP contribution in [0, 0.1) is 0 Å². The van der Waals surface area contributed by atoms with E-state index in [4.69, 9.17) is 0 Å². The van der Waals surface area contributed by atoms with E-state index in [0.717, 1.165) is 11.3 Å². The second-order valence-corrected chi connectivity index (χ2v) is 4.41. The molecule has 1 amide bonds. The summed E-state index contributed by atoms with van der Waals surface area (Å²) in [4.78, 5) is 20.1. The largest absolute Gasteiger partial charge is 0.348 e. The number of carbonyl (C=O) groups excluding carboxylic acids is 1. The first-order chi connectivity index (χ1) is 9.25. The van der Waals surface area contributed by atoms with Crippen molar-refractivity contribution in [1.82, 2.24) is 15.3 Å². The van der Waals surface area contributed by atoms with Gasteiger partial charge >= 0.3 is 0 Å². The minimum Gasteiger partial charge on any atom is -0.348 e. The fourth-order valence-corrected chi connectivity index (χ4v) is 1.82. The first kappa shape index (κ1) is 13.2. The molecule has 0 unspecified atom stereocenters. The predicted molar refractivity (Wildman–Crippen MR) is 73.4 cm³/mol. The molecule has 0 spiro atoms. The molecule has 98 valence electrons. The van der Waals surface area contributed by atoms with Gasteiger partial charge in [0.25, 0.3) is 0 Å². The van der Waals surface area contributed by atoms with Crippen LogP contribution in [0.1, 0.15) is 30.6 Å². The highest BCUT2D eigenvalue weighted by Crippen LogP contribution is 2.08. The number of hydrogen-bond donors (Lipinski definition) is 1. The van der Waals surface area contributed by atoms with E-state index in [9.17, 15) is 4.79 Å². The molecule has 0 saturated carbocycles. The molecule has 0 aliphatic heterocycles. The Bertz CT molecular complexity index is 513. The zero-order valence-electron chi connectivity index (χ0n) is 10.9. The van der Waals surface area contributed by atoms with E-state index in [1.54, 1.807) is 18.6 Å². The van der Waals surface area contributed by atoms with Gasteiger partial charge in [-0.15, -0.1) is 0 Å². The lowest BCUT2D eigenvalue weighted by atomic mass is 10.1. The van der Waals surface area contributed by atoms with Gasteiger partial charge in [0, 0.05) is 25.0 Å². The van der Waals surface area contributed by atoms with Gasteiger partial charge < -0.3 is 5.32 Å². The third kappa shape index (κ3) is 4.17. The molecule has 0 aliphatic rings. The summed E-state index contributed by atoms with van der Waals surface area (Å²) in [6, 6.07) is 9.47. The van der Waals surface area contributed by atoms with Crippen molar-refractivity contribution >= 4 is 5.91 Å². The summed E-state index contributed by atoms with van der Waals surface area (Å²) in [6.45, 7) is 1.93. The van der Waals surface area contributed by atoms with Gasteiger partial charge in [-0.3, -0.25) is 14.8 Å². The molecule has 4 nitrogen and oxygen atoms in total. The van der Waals surface area contributed by atoms with Crippen LogP contribution >= 0.6 is 0 Å². The van der Waals surface area contributed by atoms with Crippen LogP contribution in [0.4, 0.5) is 0 Å². The third-order valence-electron chi connectivity index (χ3n) is 2.87. The van der Waals surface area contributed by atoms with Crippen molar-refractivity contribution in [3.8, 4) is 0 Å². The first-order valence-electron chi connectivity index (χ1n) is 6.35. The summed E-state index contributed by atoms with van der Waals surface area (Å²) in [6.07, 6.45) is 6.41. The second kappa shape index (κ2) is 6.64.